The first-order chi connectivity index (χ1) is 6.89. The van der Waals surface area contributed by atoms with E-state index in [1.807, 2.05) is 6.92 Å². The number of sulfone groups is 1. The molecular weight excluding hydrogens is 302 g/mol. The normalized spacial score (nSPS) is 13.9. The molecule has 1 aromatic rings. The number of aryl methyl sites for hydroxylation is 1. The Hall–Kier alpha value is -0.130. The molecule has 1 rings (SSSR count). The number of hydrogen-bond donors (Lipinski definition) is 0. The smallest absolute Gasteiger partial charge is 0.200 e. The minimum atomic E-state index is -3.43. The fraction of sp³-hybridized carbons (Fsp3) is 0.444. The lowest BCUT2D eigenvalue weighted by atomic mass is 10.3. The van der Waals surface area contributed by atoms with Crippen LogP contribution in [0.1, 0.15) is 12.5 Å². The van der Waals surface area contributed by atoms with Gasteiger partial charge in [0.2, 0.25) is 0 Å². The van der Waals surface area contributed by atoms with Gasteiger partial charge in [-0.05, 0) is 41.4 Å². The summed E-state index contributed by atoms with van der Waals surface area (Å²) in [5, 5.41) is -0.577. The first-order valence-corrected chi connectivity index (χ1v) is 7.19. The van der Waals surface area contributed by atoms with Gasteiger partial charge < -0.3 is 0 Å². The lowest BCUT2D eigenvalue weighted by molar-refractivity contribution is 0.583. The van der Waals surface area contributed by atoms with E-state index in [4.69, 9.17) is 11.6 Å². The van der Waals surface area contributed by atoms with Crippen molar-refractivity contribution in [1.82, 2.24) is 4.98 Å². The molecule has 1 aromatic heterocycles. The minimum absolute atomic E-state index is 0.0567. The maximum Gasteiger partial charge on any atom is 0.200 e. The highest BCUT2D eigenvalue weighted by atomic mass is 79.9. The molecule has 1 atom stereocenters. The van der Waals surface area contributed by atoms with Crippen LogP contribution in [0.3, 0.4) is 0 Å². The van der Waals surface area contributed by atoms with Gasteiger partial charge in [0, 0.05) is 12.1 Å². The Bertz CT molecular complexity index is 461. The second kappa shape index (κ2) is 4.80. The summed E-state index contributed by atoms with van der Waals surface area (Å²) in [6.45, 7) is 3.41. The molecule has 0 aliphatic carbocycles. The quantitative estimate of drug-likeness (QED) is 0.806. The number of hydrogen-bond acceptors (Lipinski definition) is 3. The maximum atomic E-state index is 11.9. The lowest BCUT2D eigenvalue weighted by Gasteiger charge is -2.10. The molecule has 3 nitrogen and oxygen atoms in total. The van der Waals surface area contributed by atoms with Crippen LogP contribution in [0.15, 0.2) is 21.8 Å². The van der Waals surface area contributed by atoms with E-state index in [1.165, 1.54) is 6.20 Å². The second-order valence-electron chi connectivity index (χ2n) is 3.31. The molecule has 0 aromatic carbocycles. The number of rotatable bonds is 3. The summed E-state index contributed by atoms with van der Waals surface area (Å²) in [6, 6.07) is 1.72. The van der Waals surface area contributed by atoms with E-state index in [-0.39, 0.29) is 10.9 Å². The van der Waals surface area contributed by atoms with Crippen LogP contribution in [0.2, 0.25) is 0 Å². The molecule has 6 heteroatoms. The van der Waals surface area contributed by atoms with Gasteiger partial charge in [-0.1, -0.05) is 0 Å². The van der Waals surface area contributed by atoms with Gasteiger partial charge in [-0.25, -0.2) is 13.4 Å². The first-order valence-electron chi connectivity index (χ1n) is 4.31. The zero-order chi connectivity index (χ0) is 11.6. The van der Waals surface area contributed by atoms with Gasteiger partial charge in [-0.15, -0.1) is 11.6 Å². The van der Waals surface area contributed by atoms with Crippen molar-refractivity contribution >= 4 is 37.4 Å². The molecule has 0 bridgehead atoms. The van der Waals surface area contributed by atoms with Crippen LogP contribution < -0.4 is 0 Å². The third-order valence-corrected chi connectivity index (χ3v) is 5.56. The van der Waals surface area contributed by atoms with Crippen molar-refractivity contribution in [3.63, 3.8) is 0 Å². The van der Waals surface area contributed by atoms with Crippen LogP contribution in [0.4, 0.5) is 0 Å². The molecule has 0 aliphatic heterocycles. The van der Waals surface area contributed by atoms with Gasteiger partial charge in [-0.2, -0.15) is 0 Å². The van der Waals surface area contributed by atoms with Gasteiger partial charge >= 0.3 is 0 Å². The van der Waals surface area contributed by atoms with Crippen molar-refractivity contribution in [2.45, 2.75) is 24.1 Å². The van der Waals surface area contributed by atoms with Crippen molar-refractivity contribution in [2.24, 2.45) is 0 Å². The van der Waals surface area contributed by atoms with E-state index in [1.54, 1.807) is 13.0 Å². The number of pyridine rings is 1. The van der Waals surface area contributed by atoms with Gasteiger partial charge in [0.25, 0.3) is 0 Å². The molecule has 0 saturated heterocycles. The Labute approximate surface area is 103 Å². The molecule has 0 amide bonds. The summed E-state index contributed by atoms with van der Waals surface area (Å²) in [7, 11) is -3.43. The van der Waals surface area contributed by atoms with E-state index in [0.717, 1.165) is 5.56 Å². The number of aromatic nitrogens is 1. The highest BCUT2D eigenvalue weighted by Crippen LogP contribution is 2.24. The Morgan fingerprint density at radius 2 is 2.20 bits per heavy atom. The highest BCUT2D eigenvalue weighted by molar-refractivity contribution is 9.10. The van der Waals surface area contributed by atoms with Gasteiger partial charge in [0.05, 0.1) is 9.72 Å². The Balaban J connectivity index is 3.28. The fourth-order valence-corrected chi connectivity index (χ4v) is 3.72. The monoisotopic (exact) mass is 311 g/mol. The lowest BCUT2D eigenvalue weighted by Crippen LogP contribution is -2.21. The van der Waals surface area contributed by atoms with E-state index in [9.17, 15) is 8.42 Å². The number of alkyl halides is 1. The van der Waals surface area contributed by atoms with Crippen LogP contribution in [-0.4, -0.2) is 24.5 Å². The zero-order valence-corrected chi connectivity index (χ0v) is 11.5. The molecule has 0 saturated carbocycles. The Kier molecular flexibility index (Phi) is 4.14. The molecule has 1 heterocycles. The number of halogens is 2. The molecule has 15 heavy (non-hydrogen) atoms. The second-order valence-corrected chi connectivity index (χ2v) is 6.75. The van der Waals surface area contributed by atoms with Crippen LogP contribution in [0, 0.1) is 6.92 Å². The summed E-state index contributed by atoms with van der Waals surface area (Å²) in [4.78, 5) is 3.93. The van der Waals surface area contributed by atoms with E-state index in [2.05, 4.69) is 20.9 Å². The van der Waals surface area contributed by atoms with Gasteiger partial charge in [-0.3, -0.25) is 0 Å². The average molecular weight is 313 g/mol. The van der Waals surface area contributed by atoms with Crippen LogP contribution in [0.25, 0.3) is 0 Å². The van der Waals surface area contributed by atoms with E-state index >= 15 is 0 Å². The largest absolute Gasteiger partial charge is 0.243 e. The molecule has 0 aliphatic rings. The molecule has 0 fully saturated rings. The van der Waals surface area contributed by atoms with Crippen LogP contribution in [0.5, 0.6) is 0 Å². The third kappa shape index (κ3) is 2.71. The standard InChI is InChI=1S/C9H11BrClNO2S/c1-6-3-8(10)9(12-5-6)15(13,14)7(2)4-11/h3,5,7H,4H2,1-2H3. The third-order valence-electron chi connectivity index (χ3n) is 1.96. The molecule has 0 radical (unpaired) electrons. The first kappa shape index (κ1) is 12.9. The van der Waals surface area contributed by atoms with Crippen molar-refractivity contribution in [3.05, 3.63) is 22.3 Å². The predicted octanol–water partition coefficient (Wildman–Crippen LogP) is 2.55. The topological polar surface area (TPSA) is 47.0 Å². The zero-order valence-electron chi connectivity index (χ0n) is 8.37. The summed E-state index contributed by atoms with van der Waals surface area (Å²) >= 11 is 8.74. The summed E-state index contributed by atoms with van der Waals surface area (Å²) in [5.74, 6) is 0.0599. The molecule has 0 N–H and O–H groups in total. The Morgan fingerprint density at radius 1 is 1.60 bits per heavy atom. The summed E-state index contributed by atoms with van der Waals surface area (Å²) in [6.07, 6.45) is 1.53. The molecule has 84 valence electrons. The number of nitrogens with zero attached hydrogens (tertiary/aromatic N) is 1. The van der Waals surface area contributed by atoms with Crippen LogP contribution in [-0.2, 0) is 9.84 Å². The van der Waals surface area contributed by atoms with Crippen LogP contribution >= 0.6 is 27.5 Å². The molecule has 1 unspecified atom stereocenters. The van der Waals surface area contributed by atoms with Crippen molar-refractivity contribution in [3.8, 4) is 0 Å². The van der Waals surface area contributed by atoms with Gasteiger partial charge in [0.15, 0.2) is 14.9 Å². The summed E-state index contributed by atoms with van der Waals surface area (Å²) in [5.41, 5.74) is 0.902. The average Bonchev–Trinajstić information content (AvgIpc) is 2.15. The SMILES string of the molecule is Cc1cnc(S(=O)(=O)C(C)CCl)c(Br)c1. The Morgan fingerprint density at radius 3 is 2.67 bits per heavy atom. The maximum absolute atomic E-state index is 11.9. The predicted molar refractivity (Wildman–Crippen MR) is 64.0 cm³/mol. The highest BCUT2D eigenvalue weighted by Gasteiger charge is 2.26. The van der Waals surface area contributed by atoms with E-state index in [0.29, 0.717) is 4.47 Å². The fourth-order valence-electron chi connectivity index (χ4n) is 1.00. The van der Waals surface area contributed by atoms with Gasteiger partial charge in [0.1, 0.15) is 0 Å². The molecular formula is C9H11BrClNO2S. The minimum Gasteiger partial charge on any atom is -0.243 e. The van der Waals surface area contributed by atoms with Crippen molar-refractivity contribution in [2.75, 3.05) is 5.88 Å². The van der Waals surface area contributed by atoms with Crippen molar-refractivity contribution < 1.29 is 8.42 Å². The summed E-state index contributed by atoms with van der Waals surface area (Å²) < 4.78 is 24.3. The molecule has 0 spiro atoms. The van der Waals surface area contributed by atoms with E-state index < -0.39 is 15.1 Å². The van der Waals surface area contributed by atoms with Crippen molar-refractivity contribution in [1.29, 1.82) is 0 Å².